The van der Waals surface area contributed by atoms with E-state index in [4.69, 9.17) is 4.74 Å². The van der Waals surface area contributed by atoms with Gasteiger partial charge >= 0.3 is 6.18 Å². The smallest absolute Gasteiger partial charge is 0.383 e. The second-order valence-electron chi connectivity index (χ2n) is 3.75. The van der Waals surface area contributed by atoms with Crippen LogP contribution >= 0.6 is 15.9 Å². The molecule has 1 heterocycles. The van der Waals surface area contributed by atoms with E-state index >= 15 is 0 Å². The molecule has 0 aliphatic rings. The Morgan fingerprint density at radius 1 is 1.50 bits per heavy atom. The van der Waals surface area contributed by atoms with Crippen molar-refractivity contribution in [1.82, 2.24) is 4.98 Å². The summed E-state index contributed by atoms with van der Waals surface area (Å²) in [6.45, 7) is 2.19. The van der Waals surface area contributed by atoms with Crippen LogP contribution in [0.5, 0.6) is 0 Å². The molecule has 0 amide bonds. The molecule has 0 radical (unpaired) electrons. The van der Waals surface area contributed by atoms with Crippen molar-refractivity contribution in [1.29, 1.82) is 0 Å². The number of anilines is 1. The Kier molecular flexibility index (Phi) is 5.40. The lowest BCUT2D eigenvalue weighted by atomic mass is 10.2. The number of hydrogen-bond donors (Lipinski definition) is 1. The number of halogens is 4. The first-order chi connectivity index (χ1) is 8.38. The number of alkyl halides is 3. The van der Waals surface area contributed by atoms with Crippen LogP contribution in [0.2, 0.25) is 0 Å². The number of pyridine rings is 1. The molecule has 7 heteroatoms. The number of ether oxygens (including phenoxy) is 1. The van der Waals surface area contributed by atoms with Crippen molar-refractivity contribution in [3.05, 3.63) is 22.3 Å². The molecule has 1 N–H and O–H groups in total. The van der Waals surface area contributed by atoms with E-state index in [2.05, 4.69) is 26.2 Å². The van der Waals surface area contributed by atoms with E-state index in [1.807, 2.05) is 6.92 Å². The van der Waals surface area contributed by atoms with Gasteiger partial charge in [0.2, 0.25) is 0 Å². The molecular weight excluding hydrogens is 313 g/mol. The average molecular weight is 327 g/mol. The van der Waals surface area contributed by atoms with Gasteiger partial charge in [-0.3, -0.25) is 0 Å². The first kappa shape index (κ1) is 15.2. The molecule has 1 atom stereocenters. The molecule has 3 nitrogen and oxygen atoms in total. The maximum absolute atomic E-state index is 12.8. The maximum Gasteiger partial charge on any atom is 0.419 e. The largest absolute Gasteiger partial charge is 0.419 e. The summed E-state index contributed by atoms with van der Waals surface area (Å²) in [5, 5.41) is 2.76. The van der Waals surface area contributed by atoms with Gasteiger partial charge in [0.25, 0.3) is 0 Å². The molecule has 1 aromatic rings. The first-order valence-corrected chi connectivity index (χ1v) is 6.16. The number of hydrogen-bond acceptors (Lipinski definition) is 3. The second kappa shape index (κ2) is 6.38. The molecule has 0 saturated heterocycles. The van der Waals surface area contributed by atoms with Gasteiger partial charge < -0.3 is 10.1 Å². The van der Waals surface area contributed by atoms with Gasteiger partial charge in [-0.25, -0.2) is 4.98 Å². The number of nitrogens with zero attached hydrogens (tertiary/aromatic N) is 1. The summed E-state index contributed by atoms with van der Waals surface area (Å²) in [5.41, 5.74) is -0.786. The molecular formula is C11H14BrF3N2O. The van der Waals surface area contributed by atoms with Crippen molar-refractivity contribution >= 4 is 21.7 Å². The van der Waals surface area contributed by atoms with Crippen LogP contribution in [-0.4, -0.2) is 24.7 Å². The van der Waals surface area contributed by atoms with Gasteiger partial charge in [0.1, 0.15) is 5.82 Å². The lowest BCUT2D eigenvalue weighted by Crippen LogP contribution is -2.26. The fraction of sp³-hybridized carbons (Fsp3) is 0.545. The van der Waals surface area contributed by atoms with Gasteiger partial charge in [-0.1, -0.05) is 6.92 Å². The lowest BCUT2D eigenvalue weighted by Gasteiger charge is -2.20. The fourth-order valence-corrected chi connectivity index (χ4v) is 1.76. The van der Waals surface area contributed by atoms with Crippen LogP contribution < -0.4 is 5.32 Å². The molecule has 0 aromatic carbocycles. The SMILES string of the molecule is CCC(COC)Nc1ncc(Br)cc1C(F)(F)F. The van der Waals surface area contributed by atoms with E-state index in [9.17, 15) is 13.2 Å². The Morgan fingerprint density at radius 2 is 2.17 bits per heavy atom. The minimum Gasteiger partial charge on any atom is -0.383 e. The third-order valence-corrected chi connectivity index (χ3v) is 2.79. The molecule has 18 heavy (non-hydrogen) atoms. The number of methoxy groups -OCH3 is 1. The van der Waals surface area contributed by atoms with Crippen LogP contribution in [0, 0.1) is 0 Å². The zero-order valence-corrected chi connectivity index (χ0v) is 11.6. The molecule has 0 bridgehead atoms. The van der Waals surface area contributed by atoms with Gasteiger partial charge in [0.15, 0.2) is 0 Å². The standard InChI is InChI=1S/C11H14BrF3N2O/c1-3-8(6-18-2)17-10-9(11(13,14)15)4-7(12)5-16-10/h4-5,8H,3,6H2,1-2H3,(H,16,17). The Bertz CT molecular complexity index is 398. The highest BCUT2D eigenvalue weighted by molar-refractivity contribution is 9.10. The Balaban J connectivity index is 3.01. The number of aromatic nitrogens is 1. The molecule has 0 spiro atoms. The zero-order valence-electron chi connectivity index (χ0n) is 10.0. The van der Waals surface area contributed by atoms with Crippen molar-refractivity contribution in [2.45, 2.75) is 25.6 Å². The predicted molar refractivity (Wildman–Crippen MR) is 66.5 cm³/mol. The van der Waals surface area contributed by atoms with E-state index < -0.39 is 11.7 Å². The minimum absolute atomic E-state index is 0.172. The van der Waals surface area contributed by atoms with Crippen molar-refractivity contribution in [2.24, 2.45) is 0 Å². The van der Waals surface area contributed by atoms with Gasteiger partial charge in [-0.05, 0) is 28.4 Å². The van der Waals surface area contributed by atoms with Crippen LogP contribution in [0.4, 0.5) is 19.0 Å². The maximum atomic E-state index is 12.8. The molecule has 0 aliphatic carbocycles. The fourth-order valence-electron chi connectivity index (χ4n) is 1.43. The van der Waals surface area contributed by atoms with Gasteiger partial charge in [-0.15, -0.1) is 0 Å². The molecule has 102 valence electrons. The summed E-state index contributed by atoms with van der Waals surface area (Å²) in [4.78, 5) is 3.78. The summed E-state index contributed by atoms with van der Waals surface area (Å²) in [6, 6.07) is 0.805. The van der Waals surface area contributed by atoms with Gasteiger partial charge in [0.05, 0.1) is 18.2 Å². The van der Waals surface area contributed by atoms with Crippen molar-refractivity contribution in [3.8, 4) is 0 Å². The summed E-state index contributed by atoms with van der Waals surface area (Å²) >= 11 is 2.99. The zero-order chi connectivity index (χ0) is 13.8. The molecule has 1 rings (SSSR count). The molecule has 0 fully saturated rings. The van der Waals surface area contributed by atoms with Crippen LogP contribution in [-0.2, 0) is 10.9 Å². The summed E-state index contributed by atoms with van der Waals surface area (Å²) in [7, 11) is 1.50. The first-order valence-electron chi connectivity index (χ1n) is 5.36. The van der Waals surface area contributed by atoms with Crippen molar-refractivity contribution in [2.75, 3.05) is 19.0 Å². The Labute approximate surface area is 112 Å². The summed E-state index contributed by atoms with van der Waals surface area (Å²) < 4.78 is 43.7. The highest BCUT2D eigenvalue weighted by Gasteiger charge is 2.35. The van der Waals surface area contributed by atoms with E-state index in [-0.39, 0.29) is 11.9 Å². The Hall–Kier alpha value is -0.820. The van der Waals surface area contributed by atoms with Crippen LogP contribution in [0.25, 0.3) is 0 Å². The van der Waals surface area contributed by atoms with Crippen molar-refractivity contribution in [3.63, 3.8) is 0 Å². The molecule has 1 unspecified atom stereocenters. The minimum atomic E-state index is -4.44. The van der Waals surface area contributed by atoms with E-state index in [0.29, 0.717) is 17.5 Å². The summed E-state index contributed by atoms with van der Waals surface area (Å²) in [6.07, 6.45) is -2.47. The van der Waals surface area contributed by atoms with E-state index in [1.165, 1.54) is 13.3 Å². The van der Waals surface area contributed by atoms with Crippen LogP contribution in [0.3, 0.4) is 0 Å². The number of nitrogens with one attached hydrogen (secondary N) is 1. The topological polar surface area (TPSA) is 34.1 Å². The van der Waals surface area contributed by atoms with E-state index in [0.717, 1.165) is 6.07 Å². The van der Waals surface area contributed by atoms with Crippen molar-refractivity contribution < 1.29 is 17.9 Å². The quantitative estimate of drug-likeness (QED) is 0.895. The van der Waals surface area contributed by atoms with Gasteiger partial charge in [0, 0.05) is 17.8 Å². The third-order valence-electron chi connectivity index (χ3n) is 2.36. The average Bonchev–Trinajstić information content (AvgIpc) is 2.29. The second-order valence-corrected chi connectivity index (χ2v) is 4.67. The lowest BCUT2D eigenvalue weighted by molar-refractivity contribution is -0.137. The highest BCUT2D eigenvalue weighted by Crippen LogP contribution is 2.35. The highest BCUT2D eigenvalue weighted by atomic mass is 79.9. The monoisotopic (exact) mass is 326 g/mol. The molecule has 0 saturated carbocycles. The number of rotatable bonds is 5. The third kappa shape index (κ3) is 4.13. The van der Waals surface area contributed by atoms with Crippen LogP contribution in [0.15, 0.2) is 16.7 Å². The molecule has 0 aliphatic heterocycles. The Morgan fingerprint density at radius 3 is 2.67 bits per heavy atom. The predicted octanol–water partition coefficient (Wildman–Crippen LogP) is 3.70. The van der Waals surface area contributed by atoms with Crippen LogP contribution in [0.1, 0.15) is 18.9 Å². The van der Waals surface area contributed by atoms with Gasteiger partial charge in [-0.2, -0.15) is 13.2 Å². The normalized spacial score (nSPS) is 13.4. The van der Waals surface area contributed by atoms with E-state index in [1.54, 1.807) is 0 Å². The summed E-state index contributed by atoms with van der Waals surface area (Å²) in [5.74, 6) is -0.172. The molecule has 1 aromatic heterocycles.